The Morgan fingerprint density at radius 2 is 1.85 bits per heavy atom. The van der Waals surface area contributed by atoms with Gasteiger partial charge in [0.05, 0.1) is 5.69 Å². The topological polar surface area (TPSA) is 88.0 Å². The van der Waals surface area contributed by atoms with Crippen molar-refractivity contribution in [2.75, 3.05) is 23.3 Å². The number of ether oxygens (including phenoxy) is 1. The van der Waals surface area contributed by atoms with Crippen LogP contribution in [0.4, 0.5) is 16.2 Å². The summed E-state index contributed by atoms with van der Waals surface area (Å²) in [5.74, 6) is 0.442. The van der Waals surface area contributed by atoms with Crippen LogP contribution in [0.1, 0.15) is 21.6 Å². The zero-order valence-corrected chi connectivity index (χ0v) is 18.1. The molecule has 4 aromatic rings. The number of hydrogen-bond donors (Lipinski definition) is 2. The fourth-order valence-electron chi connectivity index (χ4n) is 3.73. The molecule has 1 aliphatic rings. The zero-order valence-electron chi connectivity index (χ0n) is 18.1. The van der Waals surface area contributed by atoms with Crippen LogP contribution in [0.25, 0.3) is 5.65 Å². The van der Waals surface area contributed by atoms with Gasteiger partial charge in [0.2, 0.25) is 0 Å². The number of carbonyl (C=O) groups excluding carboxylic acids is 2. The smallest absolute Gasteiger partial charge is 0.321 e. The van der Waals surface area contributed by atoms with E-state index in [2.05, 4.69) is 15.6 Å². The van der Waals surface area contributed by atoms with Crippen LogP contribution < -0.4 is 20.3 Å². The minimum atomic E-state index is -0.219. The van der Waals surface area contributed by atoms with Crippen molar-refractivity contribution >= 4 is 29.0 Å². The number of imidazole rings is 1. The summed E-state index contributed by atoms with van der Waals surface area (Å²) in [7, 11) is 0. The number of amides is 3. The Bertz CT molecular complexity index is 1310. The minimum absolute atomic E-state index is 0.106. The first-order valence-corrected chi connectivity index (χ1v) is 10.7. The third kappa shape index (κ3) is 4.50. The number of pyridine rings is 1. The van der Waals surface area contributed by atoms with Crippen molar-refractivity contribution in [3.63, 3.8) is 0 Å². The molecule has 166 valence electrons. The molecule has 8 heteroatoms. The van der Waals surface area contributed by atoms with Gasteiger partial charge in [-0.2, -0.15) is 0 Å². The van der Waals surface area contributed by atoms with Crippen LogP contribution in [0.5, 0.6) is 5.75 Å². The third-order valence-corrected chi connectivity index (χ3v) is 5.45. The van der Waals surface area contributed by atoms with Gasteiger partial charge in [0, 0.05) is 42.4 Å². The number of hydrogen-bond acceptors (Lipinski definition) is 4. The molecule has 2 N–H and O–H groups in total. The Kier molecular flexibility index (Phi) is 5.40. The number of benzene rings is 2. The summed E-state index contributed by atoms with van der Waals surface area (Å²) >= 11 is 0. The molecule has 0 unspecified atom stereocenters. The Morgan fingerprint density at radius 1 is 1.06 bits per heavy atom. The number of nitrogens with zero attached hydrogens (tertiary/aromatic N) is 3. The van der Waals surface area contributed by atoms with Crippen molar-refractivity contribution < 1.29 is 14.3 Å². The van der Waals surface area contributed by atoms with E-state index in [1.165, 1.54) is 0 Å². The van der Waals surface area contributed by atoms with Crippen molar-refractivity contribution in [3.8, 4) is 5.75 Å². The van der Waals surface area contributed by atoms with Crippen molar-refractivity contribution in [2.24, 2.45) is 0 Å². The molecule has 0 radical (unpaired) electrons. The molecule has 0 bridgehead atoms. The molecule has 0 spiro atoms. The van der Waals surface area contributed by atoms with E-state index in [4.69, 9.17) is 4.74 Å². The third-order valence-electron chi connectivity index (χ3n) is 5.45. The van der Waals surface area contributed by atoms with Gasteiger partial charge in [-0.05, 0) is 67.1 Å². The summed E-state index contributed by atoms with van der Waals surface area (Å²) in [6.45, 7) is 3.65. The van der Waals surface area contributed by atoms with Crippen molar-refractivity contribution in [3.05, 3.63) is 89.9 Å². The standard InChI is InChI=1S/C25H23N5O3/c1-17-2-11-23-27-20(15-29(23)14-17)16-33-22-9-3-18(4-10-22)24(31)28-19-5-7-21(8-6-19)30-13-12-26-25(30)32/h2-11,14-15H,12-13,16H2,1H3,(H,26,32)(H,28,31). The Hall–Kier alpha value is -4.33. The van der Waals surface area contributed by atoms with Crippen LogP contribution in [0, 0.1) is 6.92 Å². The van der Waals surface area contributed by atoms with Gasteiger partial charge >= 0.3 is 6.03 Å². The lowest BCUT2D eigenvalue weighted by Gasteiger charge is -2.14. The van der Waals surface area contributed by atoms with Crippen LogP contribution in [0.3, 0.4) is 0 Å². The lowest BCUT2D eigenvalue weighted by molar-refractivity contribution is 0.102. The van der Waals surface area contributed by atoms with Gasteiger partial charge < -0.3 is 19.8 Å². The van der Waals surface area contributed by atoms with E-state index in [0.29, 0.717) is 36.7 Å². The highest BCUT2D eigenvalue weighted by Gasteiger charge is 2.20. The largest absolute Gasteiger partial charge is 0.487 e. The first-order valence-electron chi connectivity index (χ1n) is 10.7. The van der Waals surface area contributed by atoms with Crippen LogP contribution in [-0.2, 0) is 6.61 Å². The summed E-state index contributed by atoms with van der Waals surface area (Å²) in [5.41, 5.74) is 4.85. The number of aromatic nitrogens is 2. The number of aryl methyl sites for hydroxylation is 1. The number of nitrogens with one attached hydrogen (secondary N) is 2. The van der Waals surface area contributed by atoms with E-state index in [0.717, 1.165) is 22.6 Å². The van der Waals surface area contributed by atoms with Gasteiger partial charge in [-0.25, -0.2) is 9.78 Å². The quantitative estimate of drug-likeness (QED) is 0.473. The lowest BCUT2D eigenvalue weighted by Crippen LogP contribution is -2.27. The molecule has 1 aliphatic heterocycles. The molecule has 0 atom stereocenters. The van der Waals surface area contributed by atoms with E-state index in [9.17, 15) is 9.59 Å². The highest BCUT2D eigenvalue weighted by atomic mass is 16.5. The molecule has 3 heterocycles. The molecule has 1 fully saturated rings. The summed E-state index contributed by atoms with van der Waals surface area (Å²) in [6, 6.07) is 18.1. The van der Waals surface area contributed by atoms with E-state index in [1.54, 1.807) is 41.3 Å². The number of urea groups is 1. The second kappa shape index (κ2) is 8.66. The van der Waals surface area contributed by atoms with Gasteiger partial charge in [-0.3, -0.25) is 9.69 Å². The summed E-state index contributed by atoms with van der Waals surface area (Å²) < 4.78 is 7.81. The maximum absolute atomic E-state index is 12.6. The Morgan fingerprint density at radius 3 is 2.58 bits per heavy atom. The fraction of sp³-hybridized carbons (Fsp3) is 0.160. The molecule has 3 amide bonds. The SMILES string of the molecule is Cc1ccc2nc(COc3ccc(C(=O)Nc4ccc(N5CCNC5=O)cc4)cc3)cn2c1. The molecule has 8 nitrogen and oxygen atoms in total. The highest BCUT2D eigenvalue weighted by molar-refractivity contribution is 6.04. The van der Waals surface area contributed by atoms with E-state index in [1.807, 2.05) is 48.0 Å². The predicted octanol–water partition coefficient (Wildman–Crippen LogP) is 4.00. The normalized spacial score (nSPS) is 13.2. The summed E-state index contributed by atoms with van der Waals surface area (Å²) in [6.07, 6.45) is 3.97. The number of rotatable bonds is 6. The zero-order chi connectivity index (χ0) is 22.8. The first-order chi connectivity index (χ1) is 16.0. The molecule has 0 aliphatic carbocycles. The molecule has 5 rings (SSSR count). The molecular weight excluding hydrogens is 418 g/mol. The maximum atomic E-state index is 12.6. The molecule has 0 saturated carbocycles. The van der Waals surface area contributed by atoms with Gasteiger partial charge in [-0.15, -0.1) is 0 Å². The predicted molar refractivity (Wildman–Crippen MR) is 126 cm³/mol. The van der Waals surface area contributed by atoms with Crippen LogP contribution in [0.2, 0.25) is 0 Å². The molecule has 2 aromatic carbocycles. The minimum Gasteiger partial charge on any atom is -0.487 e. The highest BCUT2D eigenvalue weighted by Crippen LogP contribution is 2.21. The molecule has 2 aromatic heterocycles. The monoisotopic (exact) mass is 441 g/mol. The number of carbonyl (C=O) groups is 2. The van der Waals surface area contributed by atoms with Crippen LogP contribution in [0.15, 0.2) is 73.1 Å². The number of fused-ring (bicyclic) bond motifs is 1. The molecule has 33 heavy (non-hydrogen) atoms. The van der Waals surface area contributed by atoms with Crippen molar-refractivity contribution in [2.45, 2.75) is 13.5 Å². The fourth-order valence-corrected chi connectivity index (χ4v) is 3.73. The second-order valence-electron chi connectivity index (χ2n) is 7.90. The average molecular weight is 441 g/mol. The van der Waals surface area contributed by atoms with E-state index in [-0.39, 0.29) is 11.9 Å². The van der Waals surface area contributed by atoms with E-state index >= 15 is 0 Å². The first kappa shape index (κ1) is 20.6. The summed E-state index contributed by atoms with van der Waals surface area (Å²) in [4.78, 5) is 30.6. The van der Waals surface area contributed by atoms with E-state index < -0.39 is 0 Å². The Labute approximate surface area is 190 Å². The van der Waals surface area contributed by atoms with Gasteiger partial charge in [0.25, 0.3) is 5.91 Å². The van der Waals surface area contributed by atoms with Gasteiger partial charge in [0.15, 0.2) is 0 Å². The molecular formula is C25H23N5O3. The van der Waals surface area contributed by atoms with Crippen molar-refractivity contribution in [1.82, 2.24) is 14.7 Å². The van der Waals surface area contributed by atoms with Gasteiger partial charge in [-0.1, -0.05) is 6.07 Å². The van der Waals surface area contributed by atoms with Crippen LogP contribution >= 0.6 is 0 Å². The second-order valence-corrected chi connectivity index (χ2v) is 7.90. The Balaban J connectivity index is 1.18. The average Bonchev–Trinajstić information content (AvgIpc) is 3.44. The molecule has 1 saturated heterocycles. The van der Waals surface area contributed by atoms with Gasteiger partial charge in [0.1, 0.15) is 18.0 Å². The van der Waals surface area contributed by atoms with Crippen LogP contribution in [-0.4, -0.2) is 34.4 Å². The summed E-state index contributed by atoms with van der Waals surface area (Å²) in [5, 5.41) is 5.64. The maximum Gasteiger partial charge on any atom is 0.321 e. The lowest BCUT2D eigenvalue weighted by atomic mass is 10.2. The number of anilines is 2. The van der Waals surface area contributed by atoms with Crippen molar-refractivity contribution in [1.29, 1.82) is 0 Å².